The van der Waals surface area contributed by atoms with Crippen LogP contribution in [0.2, 0.25) is 0 Å². The van der Waals surface area contributed by atoms with Gasteiger partial charge < -0.3 is 4.57 Å². The summed E-state index contributed by atoms with van der Waals surface area (Å²) < 4.78 is 28.6. The fourth-order valence-corrected chi connectivity index (χ4v) is 5.42. The number of carbonyl (C=O) groups is 1. The molecular formula is C31H34N4O3S. The highest BCUT2D eigenvalue weighted by Crippen LogP contribution is 2.24. The second kappa shape index (κ2) is 11.3. The molecule has 39 heavy (non-hydrogen) atoms. The number of amides is 1. The first-order valence-electron chi connectivity index (χ1n) is 12.7. The molecule has 0 atom stereocenters. The van der Waals surface area contributed by atoms with Gasteiger partial charge in [-0.15, -0.1) is 0 Å². The summed E-state index contributed by atoms with van der Waals surface area (Å²) in [6.07, 6.45) is 2.84. The average Bonchev–Trinajstić information content (AvgIpc) is 3.16. The fraction of sp³-hybridized carbons (Fsp3) is 0.226. The molecule has 3 aromatic carbocycles. The van der Waals surface area contributed by atoms with Crippen LogP contribution < -0.4 is 9.73 Å². The van der Waals surface area contributed by atoms with Crippen molar-refractivity contribution in [3.8, 4) is 5.69 Å². The van der Waals surface area contributed by atoms with Crippen molar-refractivity contribution in [2.45, 2.75) is 41.2 Å². The number of aromatic nitrogens is 1. The van der Waals surface area contributed by atoms with Crippen molar-refractivity contribution in [1.29, 1.82) is 0 Å². The van der Waals surface area contributed by atoms with E-state index in [-0.39, 0.29) is 12.5 Å². The van der Waals surface area contributed by atoms with Gasteiger partial charge in [-0.1, -0.05) is 36.4 Å². The quantitative estimate of drug-likeness (QED) is 0.227. The SMILES string of the molecule is Cc1ccc(N(Cc2ccc(C(=O)N/N=C\c3cc(C)n(-c4ccccc4C)c3C)cc2)S(C)(=O)=O)cc1C. The van der Waals surface area contributed by atoms with Crippen molar-refractivity contribution in [3.63, 3.8) is 0 Å². The Morgan fingerprint density at radius 1 is 0.897 bits per heavy atom. The second-order valence-electron chi connectivity index (χ2n) is 9.88. The molecule has 8 heteroatoms. The third kappa shape index (κ3) is 6.29. The van der Waals surface area contributed by atoms with Gasteiger partial charge in [-0.2, -0.15) is 5.10 Å². The molecule has 7 nitrogen and oxygen atoms in total. The molecule has 1 aromatic heterocycles. The van der Waals surface area contributed by atoms with E-state index in [1.54, 1.807) is 30.5 Å². The molecular weight excluding hydrogens is 508 g/mol. The predicted molar refractivity (Wildman–Crippen MR) is 158 cm³/mol. The number of hydrogen-bond acceptors (Lipinski definition) is 4. The Morgan fingerprint density at radius 3 is 2.23 bits per heavy atom. The van der Waals surface area contributed by atoms with Crippen molar-refractivity contribution in [2.75, 3.05) is 10.6 Å². The summed E-state index contributed by atoms with van der Waals surface area (Å²) in [6, 6.07) is 22.7. The summed E-state index contributed by atoms with van der Waals surface area (Å²) in [4.78, 5) is 12.7. The van der Waals surface area contributed by atoms with Gasteiger partial charge in [0.05, 0.1) is 24.7 Å². The van der Waals surface area contributed by atoms with Crippen LogP contribution in [0, 0.1) is 34.6 Å². The van der Waals surface area contributed by atoms with E-state index in [0.29, 0.717) is 11.3 Å². The van der Waals surface area contributed by atoms with Crippen LogP contribution in [-0.2, 0) is 16.6 Å². The summed E-state index contributed by atoms with van der Waals surface area (Å²) >= 11 is 0. The molecule has 1 amide bonds. The first kappa shape index (κ1) is 27.9. The summed E-state index contributed by atoms with van der Waals surface area (Å²) in [5.41, 5.74) is 11.8. The number of hydrogen-bond donors (Lipinski definition) is 1. The lowest BCUT2D eigenvalue weighted by molar-refractivity contribution is 0.0955. The summed E-state index contributed by atoms with van der Waals surface area (Å²) in [5.74, 6) is -0.348. The molecule has 4 aromatic rings. The van der Waals surface area contributed by atoms with Gasteiger partial charge in [0.15, 0.2) is 0 Å². The van der Waals surface area contributed by atoms with Crippen molar-refractivity contribution in [2.24, 2.45) is 5.10 Å². The highest BCUT2D eigenvalue weighted by atomic mass is 32.2. The van der Waals surface area contributed by atoms with Crippen LogP contribution in [0.25, 0.3) is 5.69 Å². The summed E-state index contributed by atoms with van der Waals surface area (Å²) in [7, 11) is -3.50. The van der Waals surface area contributed by atoms with Crippen LogP contribution >= 0.6 is 0 Å². The van der Waals surface area contributed by atoms with E-state index in [4.69, 9.17) is 0 Å². The molecule has 0 saturated heterocycles. The highest BCUT2D eigenvalue weighted by molar-refractivity contribution is 7.92. The Hall–Kier alpha value is -4.17. The molecule has 0 bridgehead atoms. The summed E-state index contributed by atoms with van der Waals surface area (Å²) in [6.45, 7) is 10.3. The largest absolute Gasteiger partial charge is 0.318 e. The van der Waals surface area contributed by atoms with E-state index in [1.165, 1.54) is 16.1 Å². The minimum Gasteiger partial charge on any atom is -0.318 e. The topological polar surface area (TPSA) is 83.8 Å². The van der Waals surface area contributed by atoms with Gasteiger partial charge >= 0.3 is 0 Å². The van der Waals surface area contributed by atoms with Crippen molar-refractivity contribution in [1.82, 2.24) is 9.99 Å². The predicted octanol–water partition coefficient (Wildman–Crippen LogP) is 5.75. The number of nitrogens with one attached hydrogen (secondary N) is 1. The van der Waals surface area contributed by atoms with Gasteiger partial charge in [0.2, 0.25) is 10.0 Å². The molecule has 0 fully saturated rings. The zero-order valence-electron chi connectivity index (χ0n) is 23.2. The van der Waals surface area contributed by atoms with Crippen molar-refractivity contribution in [3.05, 3.63) is 118 Å². The highest BCUT2D eigenvalue weighted by Gasteiger charge is 2.19. The number of carbonyl (C=O) groups excluding carboxylic acids is 1. The van der Waals surface area contributed by atoms with Crippen molar-refractivity contribution < 1.29 is 13.2 Å². The minimum atomic E-state index is -3.50. The van der Waals surface area contributed by atoms with Crippen LogP contribution in [0.5, 0.6) is 0 Å². The number of hydrazone groups is 1. The van der Waals surface area contributed by atoms with Crippen molar-refractivity contribution >= 4 is 27.8 Å². The zero-order valence-corrected chi connectivity index (χ0v) is 24.0. The van der Waals surface area contributed by atoms with E-state index >= 15 is 0 Å². The molecule has 0 saturated carbocycles. The second-order valence-corrected chi connectivity index (χ2v) is 11.8. The number of aryl methyl sites for hydroxylation is 4. The molecule has 0 aliphatic rings. The van der Waals surface area contributed by atoms with E-state index in [2.05, 4.69) is 34.2 Å². The lowest BCUT2D eigenvalue weighted by atomic mass is 10.1. The monoisotopic (exact) mass is 542 g/mol. The van der Waals surface area contributed by atoms with Gasteiger partial charge in [0, 0.05) is 28.2 Å². The molecule has 1 heterocycles. The van der Waals surface area contributed by atoms with Gasteiger partial charge in [-0.3, -0.25) is 9.10 Å². The van der Waals surface area contributed by atoms with Crippen LogP contribution in [0.4, 0.5) is 5.69 Å². The first-order valence-corrected chi connectivity index (χ1v) is 14.5. The molecule has 4 rings (SSSR count). The number of anilines is 1. The Balaban J connectivity index is 1.45. The van der Waals surface area contributed by atoms with Gasteiger partial charge in [0.1, 0.15) is 0 Å². The molecule has 0 spiro atoms. The molecule has 0 aliphatic carbocycles. The number of para-hydroxylation sites is 1. The van der Waals surface area contributed by atoms with Crippen LogP contribution in [0.3, 0.4) is 0 Å². The molecule has 0 aliphatic heterocycles. The molecule has 1 N–H and O–H groups in total. The number of benzene rings is 3. The van der Waals surface area contributed by atoms with Gasteiger partial charge in [-0.05, 0) is 93.3 Å². The average molecular weight is 543 g/mol. The van der Waals surface area contributed by atoms with E-state index < -0.39 is 10.0 Å². The Morgan fingerprint density at radius 2 is 1.59 bits per heavy atom. The number of sulfonamides is 1. The zero-order chi connectivity index (χ0) is 28.3. The maximum Gasteiger partial charge on any atom is 0.271 e. The maximum atomic E-state index is 12.7. The van der Waals surface area contributed by atoms with Crippen LogP contribution in [-0.4, -0.2) is 31.4 Å². The smallest absolute Gasteiger partial charge is 0.271 e. The number of nitrogens with zero attached hydrogens (tertiary/aromatic N) is 3. The van der Waals surface area contributed by atoms with E-state index in [9.17, 15) is 13.2 Å². The van der Waals surface area contributed by atoms with Gasteiger partial charge in [-0.25, -0.2) is 13.8 Å². The summed E-state index contributed by atoms with van der Waals surface area (Å²) in [5, 5.41) is 4.18. The maximum absolute atomic E-state index is 12.7. The third-order valence-corrected chi connectivity index (χ3v) is 8.06. The molecule has 0 unspecified atom stereocenters. The standard InChI is InChI=1S/C31H34N4O3S/c1-21-11-16-29(17-23(21)3)34(39(6,37)38)20-26-12-14-27(15-13-26)31(36)33-32-19-28-18-24(4)35(25(28)5)30-10-8-7-9-22(30)2/h7-19H,20H2,1-6H3,(H,33,36)/b32-19-. The van der Waals surface area contributed by atoms with E-state index in [1.807, 2.05) is 64.1 Å². The van der Waals surface area contributed by atoms with E-state index in [0.717, 1.165) is 39.3 Å². The minimum absolute atomic E-state index is 0.165. The lowest BCUT2D eigenvalue weighted by Gasteiger charge is -2.23. The molecule has 0 radical (unpaired) electrons. The molecule has 202 valence electrons. The first-order chi connectivity index (χ1) is 18.5. The normalized spacial score (nSPS) is 11.6. The lowest BCUT2D eigenvalue weighted by Crippen LogP contribution is -2.29. The third-order valence-electron chi connectivity index (χ3n) is 6.92. The number of rotatable bonds is 8. The Kier molecular flexibility index (Phi) is 8.06. The Bertz CT molecular complexity index is 1650. The van der Waals surface area contributed by atoms with Crippen LogP contribution in [0.15, 0.2) is 77.9 Å². The van der Waals surface area contributed by atoms with Gasteiger partial charge in [0.25, 0.3) is 5.91 Å². The fourth-order valence-electron chi connectivity index (χ4n) is 4.54. The Labute approximate surface area is 230 Å². The van der Waals surface area contributed by atoms with Crippen LogP contribution in [0.1, 0.15) is 49.6 Å².